The maximum absolute atomic E-state index is 15.1. The minimum atomic E-state index is -1.22. The van der Waals surface area contributed by atoms with Gasteiger partial charge < -0.3 is 18.9 Å². The van der Waals surface area contributed by atoms with E-state index in [1.807, 2.05) is 47.8 Å². The Morgan fingerprint density at radius 2 is 0.699 bits per heavy atom. The van der Waals surface area contributed by atoms with Crippen LogP contribution in [0, 0.1) is 92.3 Å². The Morgan fingerprint density at radius 3 is 1.05 bits per heavy atom. The molecule has 10 nitrogen and oxygen atoms in total. The molecule has 19 heteroatoms. The van der Waals surface area contributed by atoms with Gasteiger partial charge in [-0.05, 0) is 185 Å². The molecule has 0 aliphatic heterocycles. The third-order valence-corrected chi connectivity index (χ3v) is 31.4. The summed E-state index contributed by atoms with van der Waals surface area (Å²) in [4.78, 5) is 34.6. The average Bonchev–Trinajstić information content (AvgIpc) is 1.48. The molecule has 626 valence electrons. The van der Waals surface area contributed by atoms with E-state index in [1.54, 1.807) is 57.5 Å². The summed E-state index contributed by atoms with van der Waals surface area (Å²) in [6.45, 7) is 20.1. The summed E-state index contributed by atoms with van der Waals surface area (Å²) < 4.78 is 91.3. The number of ether oxygens (including phenoxy) is 4. The van der Waals surface area contributed by atoms with Crippen LogP contribution in [0.1, 0.15) is 244 Å². The van der Waals surface area contributed by atoms with Crippen molar-refractivity contribution in [3.05, 3.63) is 280 Å². The van der Waals surface area contributed by atoms with Gasteiger partial charge in [0.15, 0.2) is 34.8 Å². The minimum Gasteiger partial charge on any atom is -0.493 e. The first-order valence-electron chi connectivity index (χ1n) is 43.1. The molecule has 0 spiro atoms. The van der Waals surface area contributed by atoms with Gasteiger partial charge in [0.25, 0.3) is 0 Å². The third kappa shape index (κ3) is 16.2. The van der Waals surface area contributed by atoms with Crippen molar-refractivity contribution in [2.45, 2.75) is 169 Å². The minimum absolute atomic E-state index is 0.0234. The van der Waals surface area contributed by atoms with Crippen LogP contribution in [-0.2, 0) is 10.8 Å². The number of hydrogen-bond acceptors (Lipinski definition) is 15. The predicted molar refractivity (Wildman–Crippen MR) is 493 cm³/mol. The Hall–Kier alpha value is -11.0. The van der Waals surface area contributed by atoms with Crippen molar-refractivity contribution in [1.29, 1.82) is 21.0 Å². The number of hydrogen-bond donors (Lipinski definition) is 0. The predicted octanol–water partition coefficient (Wildman–Crippen LogP) is 29.2. The molecule has 6 aromatic carbocycles. The van der Waals surface area contributed by atoms with E-state index in [4.69, 9.17) is 18.9 Å². The number of benzene rings is 6. The summed E-state index contributed by atoms with van der Waals surface area (Å²) >= 11 is 8.54. The number of allylic oxidation sites excluding steroid dienone is 10. The Kier molecular flexibility index (Phi) is 26.9. The zero-order valence-corrected chi connectivity index (χ0v) is 74.5. The number of Topliss-reactive ketones (excluding diaryl/α,β-unsaturated/α-hetero) is 2. The van der Waals surface area contributed by atoms with E-state index < -0.39 is 56.8 Å². The summed E-state index contributed by atoms with van der Waals surface area (Å²) in [6.07, 6.45) is 27.3. The van der Waals surface area contributed by atoms with Gasteiger partial charge >= 0.3 is 0 Å². The van der Waals surface area contributed by atoms with E-state index in [0.717, 1.165) is 243 Å². The van der Waals surface area contributed by atoms with Crippen molar-refractivity contribution in [3.63, 3.8) is 0 Å². The highest BCUT2D eigenvalue weighted by atomic mass is 32.1. The molecule has 15 rings (SSSR count). The molecule has 11 aromatic rings. The van der Waals surface area contributed by atoms with Gasteiger partial charge in [-0.3, -0.25) is 9.59 Å². The van der Waals surface area contributed by atoms with Crippen LogP contribution in [-0.4, -0.2) is 38.0 Å². The fraction of sp³-hybridized carbons (Fsp3) is 0.327. The van der Waals surface area contributed by atoms with Gasteiger partial charge in [-0.25, -0.2) is 17.6 Å². The highest BCUT2D eigenvalue weighted by molar-refractivity contribution is 7.36. The second kappa shape index (κ2) is 38.0. The molecule has 0 amide bonds. The Balaban J connectivity index is 0.976. The number of ketones is 2. The van der Waals surface area contributed by atoms with Gasteiger partial charge in [0.2, 0.25) is 0 Å². The van der Waals surface area contributed by atoms with E-state index in [2.05, 4.69) is 165 Å². The van der Waals surface area contributed by atoms with Gasteiger partial charge in [-0.15, -0.1) is 56.7 Å². The topological polar surface area (TPSA) is 166 Å². The zero-order chi connectivity index (χ0) is 86.4. The molecule has 0 saturated carbocycles. The number of nitrogens with zero attached hydrogens (tertiary/aromatic N) is 4. The first-order valence-corrected chi connectivity index (χ1v) is 47.2. The first kappa shape index (κ1) is 86.9. The largest absolute Gasteiger partial charge is 0.493 e. The quantitative estimate of drug-likeness (QED) is 0.0209. The summed E-state index contributed by atoms with van der Waals surface area (Å²) in [5, 5.41) is 41.0. The van der Waals surface area contributed by atoms with Crippen LogP contribution < -0.4 is 18.9 Å². The van der Waals surface area contributed by atoms with Crippen LogP contribution >= 0.6 is 56.7 Å². The van der Waals surface area contributed by atoms with Gasteiger partial charge in [-0.1, -0.05) is 205 Å². The first-order chi connectivity index (χ1) is 59.9. The van der Waals surface area contributed by atoms with Crippen LogP contribution in [0.25, 0.3) is 61.6 Å². The second-order valence-corrected chi connectivity index (χ2v) is 37.7. The van der Waals surface area contributed by atoms with Crippen LogP contribution in [0.15, 0.2) is 180 Å². The fourth-order valence-electron chi connectivity index (χ4n) is 18.1. The second-order valence-electron chi connectivity index (χ2n) is 32.4. The molecule has 4 unspecified atom stereocenters. The van der Waals surface area contributed by atoms with Crippen LogP contribution in [0.5, 0.6) is 23.0 Å². The maximum atomic E-state index is 15.1. The number of thiophene rings is 5. The maximum Gasteiger partial charge on any atom is 0.194 e. The lowest BCUT2D eigenvalue weighted by Gasteiger charge is -2.34. The van der Waals surface area contributed by atoms with Crippen molar-refractivity contribution >= 4 is 110 Å². The van der Waals surface area contributed by atoms with Gasteiger partial charge in [0.1, 0.15) is 58.4 Å². The van der Waals surface area contributed by atoms with E-state index in [9.17, 15) is 39.4 Å². The number of unbranched alkanes of at least 4 members (excludes halogenated alkanes) is 4. The van der Waals surface area contributed by atoms with Crippen molar-refractivity contribution < 1.29 is 46.1 Å². The van der Waals surface area contributed by atoms with E-state index in [1.165, 1.54) is 12.2 Å². The molecule has 0 N–H and O–H groups in total. The lowest BCUT2D eigenvalue weighted by atomic mass is 9.67. The van der Waals surface area contributed by atoms with Crippen LogP contribution in [0.2, 0.25) is 0 Å². The fourth-order valence-corrected chi connectivity index (χ4v) is 25.3. The third-order valence-electron chi connectivity index (χ3n) is 25.0. The molecule has 4 aliphatic carbocycles. The van der Waals surface area contributed by atoms with E-state index >= 15 is 8.78 Å². The molecule has 0 radical (unpaired) electrons. The number of carbonyl (C=O) groups excluding carboxylic acids is 2. The summed E-state index contributed by atoms with van der Waals surface area (Å²) in [6, 6.07) is 50.1. The average molecular weight is 1730 g/mol. The monoisotopic (exact) mass is 1730 g/mol. The van der Waals surface area contributed by atoms with Crippen molar-refractivity contribution in [2.75, 3.05) is 26.4 Å². The SMILES string of the molecule is CCCCC(CC)COc1ccc(C2(c3ccc(OCC(CC)CCCC)cc3)c3cc(/C=C/C=C4\C(=O)c5cc(F)c(F)cc5C4=C(C#N)C#N)sc3-c3sc4c5c(sc4c32)-c2sc3cc(/C=C/C=C4\C(=O)c6cc(F)c(F)cc6C4=C(C#N)C#N)sc3c2C5(c2ccc(OCC(CC)CCCC)cc2)c2ccc(OCC(CC)CCCC)cc2)cc1. The van der Waals surface area contributed by atoms with Gasteiger partial charge in [0, 0.05) is 64.6 Å². The summed E-state index contributed by atoms with van der Waals surface area (Å²) in [5.74, 6) is -1.58. The van der Waals surface area contributed by atoms with Gasteiger partial charge in [0.05, 0.1) is 70.9 Å². The van der Waals surface area contributed by atoms with Gasteiger partial charge in [-0.2, -0.15) is 21.0 Å². The summed E-state index contributed by atoms with van der Waals surface area (Å²) in [7, 11) is 0. The zero-order valence-electron chi connectivity index (χ0n) is 70.4. The van der Waals surface area contributed by atoms with Crippen LogP contribution in [0.4, 0.5) is 17.6 Å². The standard InChI is InChI=1S/C104H96F4N4O6S5/c1-9-17-23-61(13-5)57-115-71-39-31-67(32-40-71)103(68-33-41-72(42-34-68)116-58-62(14-6)24-18-10-2)83-47-75(27-21-29-77-89(65(53-109)54-110)79-49-84(105)86(107)51-81(79)94(77)113)119-96(83)98-92(103)100-102(122-98)93-101(123-100)99-91(97-88(121-99)48-76(120-97)28-22-30-78-90(66(55-111)56-112)80-50-85(106)87(108)52-82(80)95(78)114)104(93,69-35-43-73(44-36-69)117-59-63(15-7)25-19-11-3)70-37-45-74(46-38-70)118-60-64(16-8)26-20-12-4/h21-22,27-52,61-64H,9-20,23-26,57-60H2,1-8H3/b27-21+,28-22+,77-29-,78-30-. The molecule has 0 fully saturated rings. The molecule has 5 heterocycles. The Bertz CT molecular complexity index is 6100. The van der Waals surface area contributed by atoms with Crippen molar-refractivity contribution in [3.8, 4) is 66.8 Å². The number of halogens is 4. The molecule has 123 heavy (non-hydrogen) atoms. The molecule has 5 aromatic heterocycles. The lowest BCUT2D eigenvalue weighted by Crippen LogP contribution is -2.29. The number of nitriles is 4. The lowest BCUT2D eigenvalue weighted by molar-refractivity contribution is 0.103. The Labute approximate surface area is 737 Å². The highest BCUT2D eigenvalue weighted by Crippen LogP contribution is 2.71. The highest BCUT2D eigenvalue weighted by Gasteiger charge is 2.56. The summed E-state index contributed by atoms with van der Waals surface area (Å²) in [5.41, 5.74) is 5.00. The van der Waals surface area contributed by atoms with Crippen molar-refractivity contribution in [1.82, 2.24) is 0 Å². The Morgan fingerprint density at radius 1 is 0.382 bits per heavy atom. The van der Waals surface area contributed by atoms with E-state index in [-0.39, 0.29) is 44.5 Å². The van der Waals surface area contributed by atoms with Crippen LogP contribution in [0.3, 0.4) is 0 Å². The molecule has 4 aliphatic rings. The molecule has 0 saturated heterocycles. The smallest absolute Gasteiger partial charge is 0.194 e. The number of carbonyl (C=O) groups is 2. The number of rotatable bonds is 36. The number of fused-ring (bicyclic) bond motifs is 13. The molecule has 0 bridgehead atoms. The van der Waals surface area contributed by atoms with Crippen molar-refractivity contribution in [2.24, 2.45) is 23.7 Å². The normalized spacial score (nSPS) is 17.1. The molecular formula is C104H96F4N4O6S5. The van der Waals surface area contributed by atoms with E-state index in [0.29, 0.717) is 50.1 Å². The molecule has 4 atom stereocenters. The molecular weight excluding hydrogens is 1640 g/mol.